The van der Waals surface area contributed by atoms with Crippen molar-refractivity contribution in [3.05, 3.63) is 68.0 Å². The summed E-state index contributed by atoms with van der Waals surface area (Å²) >= 11 is 0. The molecule has 0 unspecified atom stereocenters. The van der Waals surface area contributed by atoms with Crippen LogP contribution in [0.3, 0.4) is 0 Å². The lowest BCUT2D eigenvalue weighted by molar-refractivity contribution is 0.0452. The number of H-pyrrole nitrogens is 1. The van der Waals surface area contributed by atoms with Gasteiger partial charge in [-0.3, -0.25) is 14.3 Å². The molecule has 0 atom stereocenters. The van der Waals surface area contributed by atoms with E-state index in [-0.39, 0.29) is 19.9 Å². The van der Waals surface area contributed by atoms with Gasteiger partial charge < -0.3 is 9.84 Å². The molecule has 0 saturated heterocycles. The number of nitrogens with zero attached hydrogens (tertiary/aromatic N) is 1. The van der Waals surface area contributed by atoms with Crippen LogP contribution in [-0.4, -0.2) is 27.9 Å². The smallest absolute Gasteiger partial charge is 0.330 e. The summed E-state index contributed by atoms with van der Waals surface area (Å²) in [7, 11) is 0. The molecule has 0 aliphatic carbocycles. The van der Waals surface area contributed by atoms with Crippen LogP contribution in [0.4, 0.5) is 0 Å². The minimum atomic E-state index is -0.541. The van der Waals surface area contributed by atoms with E-state index >= 15 is 0 Å². The summed E-state index contributed by atoms with van der Waals surface area (Å²) in [5.41, 5.74) is 0.907. The van der Waals surface area contributed by atoms with Crippen molar-refractivity contribution in [1.82, 2.24) is 9.55 Å². The molecule has 2 aromatic rings. The summed E-state index contributed by atoms with van der Waals surface area (Å²) in [6.45, 7) is 1.59. The normalized spacial score (nSPS) is 11.2. The minimum absolute atomic E-state index is 0.0362. The monoisotopic (exact) mass is 302 g/mol. The number of aliphatic hydroxyl groups is 1. The Morgan fingerprint density at radius 1 is 1.23 bits per heavy atom. The molecule has 0 amide bonds. The van der Waals surface area contributed by atoms with Crippen molar-refractivity contribution in [3.8, 4) is 0 Å². The highest BCUT2D eigenvalue weighted by molar-refractivity contribution is 5.69. The third kappa shape index (κ3) is 3.81. The summed E-state index contributed by atoms with van der Waals surface area (Å²) < 4.78 is 6.52. The van der Waals surface area contributed by atoms with Crippen LogP contribution >= 0.6 is 0 Å². The lowest BCUT2D eigenvalue weighted by Crippen LogP contribution is -2.34. The third-order valence-electron chi connectivity index (χ3n) is 3.17. The van der Waals surface area contributed by atoms with Gasteiger partial charge in [-0.05, 0) is 18.6 Å². The van der Waals surface area contributed by atoms with Gasteiger partial charge in [0, 0.05) is 5.56 Å². The zero-order valence-electron chi connectivity index (χ0n) is 12.3. The van der Waals surface area contributed by atoms with Crippen LogP contribution < -0.4 is 11.2 Å². The van der Waals surface area contributed by atoms with E-state index < -0.39 is 11.2 Å². The van der Waals surface area contributed by atoms with Gasteiger partial charge in [-0.15, -0.1) is 0 Å². The fourth-order valence-corrected chi connectivity index (χ4v) is 1.99. The first-order valence-electron chi connectivity index (χ1n) is 6.89. The topological polar surface area (TPSA) is 84.3 Å². The minimum Gasteiger partial charge on any atom is -0.394 e. The summed E-state index contributed by atoms with van der Waals surface area (Å²) in [5, 5.41) is 8.75. The second kappa shape index (κ2) is 7.53. The maximum Gasteiger partial charge on any atom is 0.330 e. The van der Waals surface area contributed by atoms with E-state index in [2.05, 4.69) is 4.98 Å². The van der Waals surface area contributed by atoms with Crippen molar-refractivity contribution < 1.29 is 9.84 Å². The summed E-state index contributed by atoms with van der Waals surface area (Å²) in [5.74, 6) is 0. The van der Waals surface area contributed by atoms with E-state index in [4.69, 9.17) is 9.84 Å². The molecule has 0 saturated carbocycles. The van der Waals surface area contributed by atoms with E-state index in [0.717, 1.165) is 5.56 Å². The molecule has 0 fully saturated rings. The van der Waals surface area contributed by atoms with E-state index in [1.807, 2.05) is 36.4 Å². The zero-order chi connectivity index (χ0) is 15.9. The molecular weight excluding hydrogens is 284 g/mol. The molecule has 2 N–H and O–H groups in total. The van der Waals surface area contributed by atoms with E-state index in [9.17, 15) is 9.59 Å². The second-order valence-corrected chi connectivity index (χ2v) is 4.70. The molecule has 0 aliphatic rings. The summed E-state index contributed by atoms with van der Waals surface area (Å²) in [6.07, 6.45) is 3.54. The fraction of sp³-hybridized carbons (Fsp3) is 0.250. The number of rotatable bonds is 6. The van der Waals surface area contributed by atoms with Gasteiger partial charge in [0.2, 0.25) is 0 Å². The Kier molecular flexibility index (Phi) is 5.46. The fourth-order valence-electron chi connectivity index (χ4n) is 1.99. The van der Waals surface area contributed by atoms with Crippen molar-refractivity contribution in [2.24, 2.45) is 0 Å². The first kappa shape index (κ1) is 15.9. The Labute approximate surface area is 127 Å². The maximum absolute atomic E-state index is 11.9. The number of hydrogen-bond donors (Lipinski definition) is 2. The van der Waals surface area contributed by atoms with E-state index in [0.29, 0.717) is 11.3 Å². The van der Waals surface area contributed by atoms with Crippen molar-refractivity contribution in [1.29, 1.82) is 0 Å². The molecule has 0 radical (unpaired) electrons. The van der Waals surface area contributed by atoms with Gasteiger partial charge >= 0.3 is 5.69 Å². The first-order chi connectivity index (χ1) is 10.6. The lowest BCUT2D eigenvalue weighted by atomic mass is 10.1. The number of ether oxygens (including phenoxy) is 1. The van der Waals surface area contributed by atoms with Gasteiger partial charge in [0.1, 0.15) is 6.73 Å². The molecule has 0 bridgehead atoms. The second-order valence-electron chi connectivity index (χ2n) is 4.70. The highest BCUT2D eigenvalue weighted by atomic mass is 16.5. The maximum atomic E-state index is 11.9. The first-order valence-corrected chi connectivity index (χ1v) is 6.89. The van der Waals surface area contributed by atoms with Gasteiger partial charge in [-0.1, -0.05) is 36.4 Å². The average Bonchev–Trinajstić information content (AvgIpc) is 2.52. The van der Waals surface area contributed by atoms with Gasteiger partial charge in [-0.25, -0.2) is 4.79 Å². The largest absolute Gasteiger partial charge is 0.394 e. The molecule has 116 valence electrons. The highest BCUT2D eigenvalue weighted by Crippen LogP contribution is 2.08. The number of aliphatic hydroxyl groups excluding tert-OH is 1. The number of aromatic amines is 1. The number of aromatic nitrogens is 2. The quantitative estimate of drug-likeness (QED) is 0.779. The van der Waals surface area contributed by atoms with Crippen molar-refractivity contribution in [2.75, 3.05) is 13.2 Å². The Morgan fingerprint density at radius 2 is 1.95 bits per heavy atom. The summed E-state index contributed by atoms with van der Waals surface area (Å²) in [6, 6.07) is 9.56. The van der Waals surface area contributed by atoms with Gasteiger partial charge in [-0.2, -0.15) is 0 Å². The van der Waals surface area contributed by atoms with Crippen LogP contribution in [-0.2, 0) is 11.5 Å². The molecule has 0 aliphatic heterocycles. The van der Waals surface area contributed by atoms with Crippen LogP contribution in [0.1, 0.15) is 16.8 Å². The Bertz CT molecular complexity index is 760. The predicted octanol–water partition coefficient (Wildman–Crippen LogP) is 0.982. The average molecular weight is 302 g/mol. The van der Waals surface area contributed by atoms with Crippen molar-refractivity contribution in [3.63, 3.8) is 0 Å². The molecule has 6 heteroatoms. The zero-order valence-corrected chi connectivity index (χ0v) is 12.3. The van der Waals surface area contributed by atoms with Crippen LogP contribution in [0, 0.1) is 6.92 Å². The Morgan fingerprint density at radius 3 is 2.64 bits per heavy atom. The van der Waals surface area contributed by atoms with Gasteiger partial charge in [0.05, 0.1) is 18.9 Å². The molecule has 1 heterocycles. The van der Waals surface area contributed by atoms with Crippen LogP contribution in [0.25, 0.3) is 12.2 Å². The molecule has 22 heavy (non-hydrogen) atoms. The van der Waals surface area contributed by atoms with Gasteiger partial charge in [0.25, 0.3) is 5.56 Å². The lowest BCUT2D eigenvalue weighted by Gasteiger charge is -2.11. The predicted molar refractivity (Wildman–Crippen MR) is 84.5 cm³/mol. The molecular formula is C16H18N2O4. The summed E-state index contributed by atoms with van der Waals surface area (Å²) in [4.78, 5) is 26.0. The molecule has 1 aromatic heterocycles. The molecule has 2 rings (SSSR count). The SMILES string of the molecule is Cc1c(/C=C\c2ccccc2)n(COCCO)c(=O)[nH]c1=O. The van der Waals surface area contributed by atoms with Gasteiger partial charge in [0.15, 0.2) is 0 Å². The molecule has 0 spiro atoms. The number of nitrogens with one attached hydrogen (secondary N) is 1. The highest BCUT2D eigenvalue weighted by Gasteiger charge is 2.09. The van der Waals surface area contributed by atoms with Crippen LogP contribution in [0.2, 0.25) is 0 Å². The Balaban J connectivity index is 2.41. The van der Waals surface area contributed by atoms with E-state index in [1.54, 1.807) is 13.0 Å². The van der Waals surface area contributed by atoms with Crippen molar-refractivity contribution >= 4 is 12.2 Å². The standard InChI is InChI=1S/C16H18N2O4/c1-12-14(8-7-13-5-3-2-4-6-13)18(11-22-10-9-19)16(21)17-15(12)20/h2-8,19H,9-11H2,1H3,(H,17,20,21)/b8-7-. The van der Waals surface area contributed by atoms with Crippen LogP contribution in [0.15, 0.2) is 39.9 Å². The molecule has 1 aromatic carbocycles. The Hall–Kier alpha value is -2.44. The molecule has 6 nitrogen and oxygen atoms in total. The third-order valence-corrected chi connectivity index (χ3v) is 3.17. The van der Waals surface area contributed by atoms with Crippen molar-refractivity contribution in [2.45, 2.75) is 13.7 Å². The van der Waals surface area contributed by atoms with E-state index in [1.165, 1.54) is 4.57 Å². The van der Waals surface area contributed by atoms with Crippen LogP contribution in [0.5, 0.6) is 0 Å². The number of hydrogen-bond acceptors (Lipinski definition) is 4. The number of benzene rings is 1.